The van der Waals surface area contributed by atoms with Gasteiger partial charge in [0.15, 0.2) is 11.9 Å². The fraction of sp³-hybridized carbons (Fsp3) is 0.700. The van der Waals surface area contributed by atoms with E-state index in [1.807, 2.05) is 0 Å². The van der Waals surface area contributed by atoms with Crippen molar-refractivity contribution in [2.75, 3.05) is 20.3 Å². The summed E-state index contributed by atoms with van der Waals surface area (Å²) in [4.78, 5) is 50.6. The molecule has 0 aromatic carbocycles. The van der Waals surface area contributed by atoms with Crippen molar-refractivity contribution < 1.29 is 72.8 Å². The first kappa shape index (κ1) is 45.8. The predicted octanol–water partition coefficient (Wildman–Crippen LogP) is 2.71. The summed E-state index contributed by atoms with van der Waals surface area (Å²) in [6.45, 7) is 14.4. The normalized spacial score (nSPS) is 35.5. The molecule has 9 atom stereocenters. The minimum Gasteiger partial charge on any atom is -0.466 e. The SMILES string of the molecule is C=C(C)C[C@H]1C[C@]2(O)O[C@H](C[C@H](O)CC(=O)O[C@@H](CO)C[C@@H]3C/C(=C\C(=O)OC)C(OC(=O)C#CC)[C@@](O)(O3)C(C)(C)/C=C/CO1)C[C@H](OC(C)=O)C2(C)C. The minimum absolute atomic E-state index is 0.0495. The van der Waals surface area contributed by atoms with Crippen LogP contribution in [0.25, 0.3) is 0 Å². The Bertz CT molecular complexity index is 1540. The Morgan fingerprint density at radius 2 is 1.71 bits per heavy atom. The van der Waals surface area contributed by atoms with Gasteiger partial charge in [-0.2, -0.15) is 0 Å². The van der Waals surface area contributed by atoms with Crippen molar-refractivity contribution >= 4 is 23.9 Å². The van der Waals surface area contributed by atoms with E-state index in [0.717, 1.165) is 18.8 Å². The van der Waals surface area contributed by atoms with Crippen LogP contribution in [-0.2, 0) is 52.3 Å². The van der Waals surface area contributed by atoms with Crippen molar-refractivity contribution in [1.82, 2.24) is 0 Å². The lowest BCUT2D eigenvalue weighted by Crippen LogP contribution is -2.62. The molecule has 1 unspecified atom stereocenters. The molecule has 0 radical (unpaired) electrons. The fourth-order valence-corrected chi connectivity index (χ4v) is 7.26. The van der Waals surface area contributed by atoms with Crippen molar-refractivity contribution in [3.8, 4) is 11.8 Å². The summed E-state index contributed by atoms with van der Waals surface area (Å²) >= 11 is 0. The second-order valence-corrected chi connectivity index (χ2v) is 15.7. The number of hydrogen-bond acceptors (Lipinski definition) is 15. The highest BCUT2D eigenvalue weighted by molar-refractivity contribution is 5.89. The zero-order valence-corrected chi connectivity index (χ0v) is 33.1. The number of rotatable bonds is 6. The van der Waals surface area contributed by atoms with Crippen molar-refractivity contribution in [3.63, 3.8) is 0 Å². The third kappa shape index (κ3) is 11.7. The molecule has 15 nitrogen and oxygen atoms in total. The molecule has 3 rings (SSSR count). The first-order valence-electron chi connectivity index (χ1n) is 18.4. The zero-order chi connectivity index (χ0) is 41.4. The monoisotopic (exact) mass is 778 g/mol. The third-order valence-corrected chi connectivity index (χ3v) is 10.3. The third-order valence-electron chi connectivity index (χ3n) is 10.3. The van der Waals surface area contributed by atoms with Crippen LogP contribution in [0.15, 0.2) is 36.0 Å². The molecule has 2 fully saturated rings. The molecular formula is C40H58O15. The van der Waals surface area contributed by atoms with Gasteiger partial charge in [0, 0.05) is 50.0 Å². The number of aliphatic hydroxyl groups excluding tert-OH is 2. The topological polar surface area (TPSA) is 214 Å². The maximum atomic E-state index is 13.1. The van der Waals surface area contributed by atoms with Gasteiger partial charge in [0.2, 0.25) is 5.79 Å². The number of methoxy groups -OCH3 is 1. The summed E-state index contributed by atoms with van der Waals surface area (Å²) in [5.74, 6) is -2.87. The number of fused-ring (bicyclic) bond motifs is 4. The van der Waals surface area contributed by atoms with E-state index in [4.69, 9.17) is 33.2 Å². The van der Waals surface area contributed by atoms with Crippen LogP contribution < -0.4 is 0 Å². The van der Waals surface area contributed by atoms with Gasteiger partial charge in [-0.15, -0.1) is 6.58 Å². The molecule has 3 heterocycles. The van der Waals surface area contributed by atoms with E-state index >= 15 is 0 Å². The number of carbonyl (C=O) groups excluding carboxylic acids is 4. The molecule has 3 aliphatic heterocycles. The Morgan fingerprint density at radius 3 is 2.31 bits per heavy atom. The molecule has 0 spiro atoms. The predicted molar refractivity (Wildman–Crippen MR) is 195 cm³/mol. The Labute approximate surface area is 323 Å². The highest BCUT2D eigenvalue weighted by Gasteiger charge is 2.59. The van der Waals surface area contributed by atoms with E-state index in [1.165, 1.54) is 13.8 Å². The summed E-state index contributed by atoms with van der Waals surface area (Å²) in [5.41, 5.74) is -1.72. The summed E-state index contributed by atoms with van der Waals surface area (Å²) in [6, 6.07) is 0. The highest BCUT2D eigenvalue weighted by atomic mass is 16.7. The molecule has 55 heavy (non-hydrogen) atoms. The number of hydrogen-bond donors (Lipinski definition) is 4. The molecule has 3 aliphatic rings. The average molecular weight is 779 g/mol. The van der Waals surface area contributed by atoms with Gasteiger partial charge < -0.3 is 53.6 Å². The first-order chi connectivity index (χ1) is 25.6. The number of ether oxygens (including phenoxy) is 7. The van der Waals surface area contributed by atoms with Crippen LogP contribution in [0, 0.1) is 22.7 Å². The Hall–Kier alpha value is -3.62. The van der Waals surface area contributed by atoms with Crippen LogP contribution in [0.5, 0.6) is 0 Å². The second kappa shape index (κ2) is 19.0. The van der Waals surface area contributed by atoms with Crippen molar-refractivity contribution in [2.24, 2.45) is 10.8 Å². The molecule has 0 saturated carbocycles. The standard InChI is InChI=1S/C40H58O15/c1-10-12-33(44)53-36-26(17-34(45)49-9)16-28-20-31(23-41)52-35(46)19-27(43)18-29-21-32(51-25(4)42)38(7,8)39(47,54-29)22-30(15-24(2)3)50-14-11-13-37(5,6)40(36,48)55-28/h11,13,17,27-32,36,41,43,47-48H,2,14-16,18-23H2,1,3-9H3/b13-11+,26-17+/t27-,28-,29+,30-,31+,32-,36?,39-,40+/m0/s1. The summed E-state index contributed by atoms with van der Waals surface area (Å²) in [7, 11) is 1.16. The van der Waals surface area contributed by atoms with Gasteiger partial charge in [0.05, 0.1) is 56.6 Å². The van der Waals surface area contributed by atoms with Crippen LogP contribution in [0.4, 0.5) is 0 Å². The second-order valence-electron chi connectivity index (χ2n) is 15.7. The van der Waals surface area contributed by atoms with Gasteiger partial charge in [-0.25, -0.2) is 9.59 Å². The van der Waals surface area contributed by atoms with Crippen molar-refractivity contribution in [3.05, 3.63) is 36.0 Å². The maximum absolute atomic E-state index is 13.1. The largest absolute Gasteiger partial charge is 0.466 e. The smallest absolute Gasteiger partial charge is 0.385 e. The van der Waals surface area contributed by atoms with E-state index in [2.05, 4.69) is 18.4 Å². The minimum atomic E-state index is -2.38. The molecule has 0 aromatic rings. The van der Waals surface area contributed by atoms with Crippen LogP contribution in [-0.4, -0.2) is 119 Å². The quantitative estimate of drug-likeness (QED) is 0.0762. The van der Waals surface area contributed by atoms with E-state index in [9.17, 15) is 39.6 Å². The van der Waals surface area contributed by atoms with Crippen LogP contribution in [0.2, 0.25) is 0 Å². The lowest BCUT2D eigenvalue weighted by Gasteiger charge is -2.53. The molecular weight excluding hydrogens is 720 g/mol. The fourth-order valence-electron chi connectivity index (χ4n) is 7.26. The number of carbonyl (C=O) groups is 4. The molecule has 2 saturated heterocycles. The van der Waals surface area contributed by atoms with Crippen molar-refractivity contribution in [1.29, 1.82) is 0 Å². The molecule has 0 amide bonds. The van der Waals surface area contributed by atoms with E-state index in [1.54, 1.807) is 46.8 Å². The number of esters is 4. The molecule has 0 aliphatic carbocycles. The van der Waals surface area contributed by atoms with E-state index in [-0.39, 0.29) is 44.3 Å². The molecule has 0 aromatic heterocycles. The Kier molecular flexibility index (Phi) is 15.8. The molecule has 308 valence electrons. The van der Waals surface area contributed by atoms with Gasteiger partial charge in [0.25, 0.3) is 0 Å². The van der Waals surface area contributed by atoms with E-state index < -0.39 is 102 Å². The lowest BCUT2D eigenvalue weighted by atomic mass is 9.70. The Morgan fingerprint density at radius 1 is 1.02 bits per heavy atom. The van der Waals surface area contributed by atoms with Gasteiger partial charge in [-0.05, 0) is 32.3 Å². The average Bonchev–Trinajstić information content (AvgIpc) is 3.05. The van der Waals surface area contributed by atoms with Crippen LogP contribution >= 0.6 is 0 Å². The maximum Gasteiger partial charge on any atom is 0.385 e. The summed E-state index contributed by atoms with van der Waals surface area (Å²) in [5, 5.41) is 46.0. The van der Waals surface area contributed by atoms with Gasteiger partial charge in [-0.1, -0.05) is 51.3 Å². The number of aliphatic hydroxyl groups is 4. The lowest BCUT2D eigenvalue weighted by molar-refractivity contribution is -0.347. The van der Waals surface area contributed by atoms with Gasteiger partial charge in [-0.3, -0.25) is 9.59 Å². The highest BCUT2D eigenvalue weighted by Crippen LogP contribution is 2.49. The summed E-state index contributed by atoms with van der Waals surface area (Å²) < 4.78 is 40.6. The van der Waals surface area contributed by atoms with Gasteiger partial charge >= 0.3 is 23.9 Å². The Balaban J connectivity index is 2.15. The van der Waals surface area contributed by atoms with Crippen LogP contribution in [0.1, 0.15) is 93.4 Å². The zero-order valence-electron chi connectivity index (χ0n) is 33.1. The van der Waals surface area contributed by atoms with Crippen LogP contribution in [0.3, 0.4) is 0 Å². The van der Waals surface area contributed by atoms with E-state index in [0.29, 0.717) is 6.42 Å². The number of cyclic esters (lactones) is 1. The van der Waals surface area contributed by atoms with Crippen molar-refractivity contribution in [2.45, 2.75) is 148 Å². The molecule has 15 heteroatoms. The van der Waals surface area contributed by atoms with Gasteiger partial charge in [0.1, 0.15) is 12.2 Å². The first-order valence-corrected chi connectivity index (χ1v) is 18.4. The molecule has 4 bridgehead atoms. The summed E-state index contributed by atoms with van der Waals surface area (Å²) in [6.07, 6.45) is -3.84. The molecule has 4 N–H and O–H groups in total.